The topological polar surface area (TPSA) is 26.3 Å². The van der Waals surface area contributed by atoms with Crippen molar-refractivity contribution in [2.45, 2.75) is 13.3 Å². The third kappa shape index (κ3) is 2.77. The molecule has 18 heavy (non-hydrogen) atoms. The van der Waals surface area contributed by atoms with E-state index in [1.54, 1.807) is 7.11 Å². The molecule has 0 bridgehead atoms. The molecule has 2 nitrogen and oxygen atoms in total. The zero-order valence-electron chi connectivity index (χ0n) is 10.8. The fourth-order valence-electron chi connectivity index (χ4n) is 2.05. The lowest BCUT2D eigenvalue weighted by atomic mass is 9.95. The summed E-state index contributed by atoms with van der Waals surface area (Å²) in [7, 11) is 1.66. The lowest BCUT2D eigenvalue weighted by molar-refractivity contribution is 0.0894. The number of fused-ring (bicyclic) bond motifs is 1. The van der Waals surface area contributed by atoms with Gasteiger partial charge in [-0.05, 0) is 23.3 Å². The molecule has 0 amide bonds. The van der Waals surface area contributed by atoms with Crippen molar-refractivity contribution in [3.8, 4) is 0 Å². The van der Waals surface area contributed by atoms with Gasteiger partial charge in [0.2, 0.25) is 0 Å². The Bertz CT molecular complexity index is 546. The summed E-state index contributed by atoms with van der Waals surface area (Å²) in [4.78, 5) is 12.2. The largest absolute Gasteiger partial charge is 0.385 e. The number of hydrogen-bond acceptors (Lipinski definition) is 2. The van der Waals surface area contributed by atoms with Crippen molar-refractivity contribution in [2.75, 3.05) is 13.7 Å². The van der Waals surface area contributed by atoms with E-state index < -0.39 is 0 Å². The van der Waals surface area contributed by atoms with Gasteiger partial charge < -0.3 is 4.74 Å². The maximum absolute atomic E-state index is 12.2. The van der Waals surface area contributed by atoms with Gasteiger partial charge in [0.15, 0.2) is 5.78 Å². The Hall–Kier alpha value is -1.67. The second-order valence-electron chi connectivity index (χ2n) is 4.61. The van der Waals surface area contributed by atoms with Gasteiger partial charge in [-0.1, -0.05) is 43.3 Å². The number of methoxy groups -OCH3 is 1. The second-order valence-corrected chi connectivity index (χ2v) is 4.61. The SMILES string of the molecule is COCCC(C)C(=O)c1ccc2ccccc2c1. The number of ketones is 1. The zero-order chi connectivity index (χ0) is 13.0. The van der Waals surface area contributed by atoms with Gasteiger partial charge in [-0.3, -0.25) is 4.79 Å². The molecular formula is C16H18O2. The van der Waals surface area contributed by atoms with Crippen molar-refractivity contribution in [2.24, 2.45) is 5.92 Å². The van der Waals surface area contributed by atoms with Crippen LogP contribution in [0.15, 0.2) is 42.5 Å². The van der Waals surface area contributed by atoms with Gasteiger partial charge in [0.1, 0.15) is 0 Å². The van der Waals surface area contributed by atoms with Crippen molar-refractivity contribution in [3.63, 3.8) is 0 Å². The minimum absolute atomic E-state index is 0.00566. The molecule has 0 N–H and O–H groups in total. The number of Topliss-reactive ketones (excluding diaryl/α,β-unsaturated/α-hetero) is 1. The Morgan fingerprint density at radius 1 is 1.17 bits per heavy atom. The van der Waals surface area contributed by atoms with Crippen molar-refractivity contribution in [3.05, 3.63) is 48.0 Å². The van der Waals surface area contributed by atoms with E-state index in [9.17, 15) is 4.79 Å². The van der Waals surface area contributed by atoms with E-state index in [1.165, 1.54) is 5.39 Å². The Labute approximate surface area is 108 Å². The monoisotopic (exact) mass is 242 g/mol. The first-order valence-corrected chi connectivity index (χ1v) is 6.24. The maximum atomic E-state index is 12.2. The van der Waals surface area contributed by atoms with Crippen molar-refractivity contribution < 1.29 is 9.53 Å². The molecule has 0 aliphatic carbocycles. The Morgan fingerprint density at radius 3 is 2.61 bits per heavy atom. The lowest BCUT2D eigenvalue weighted by Gasteiger charge is -2.10. The smallest absolute Gasteiger partial charge is 0.165 e. The van der Waals surface area contributed by atoms with Crippen molar-refractivity contribution in [1.29, 1.82) is 0 Å². The van der Waals surface area contributed by atoms with Crippen LogP contribution in [0, 0.1) is 5.92 Å². The van der Waals surface area contributed by atoms with E-state index >= 15 is 0 Å². The third-order valence-corrected chi connectivity index (χ3v) is 3.24. The van der Waals surface area contributed by atoms with Crippen LogP contribution < -0.4 is 0 Å². The van der Waals surface area contributed by atoms with Crippen LogP contribution in [0.4, 0.5) is 0 Å². The van der Waals surface area contributed by atoms with Crippen LogP contribution >= 0.6 is 0 Å². The summed E-state index contributed by atoms with van der Waals surface area (Å²) < 4.78 is 5.02. The summed E-state index contributed by atoms with van der Waals surface area (Å²) in [6.07, 6.45) is 0.766. The van der Waals surface area contributed by atoms with E-state index in [2.05, 4.69) is 6.07 Å². The molecular weight excluding hydrogens is 224 g/mol. The Morgan fingerprint density at radius 2 is 1.89 bits per heavy atom. The number of carbonyl (C=O) groups excluding carboxylic acids is 1. The summed E-state index contributed by atoms with van der Waals surface area (Å²) in [6, 6.07) is 14.0. The molecule has 0 spiro atoms. The van der Waals surface area contributed by atoms with E-state index in [0.29, 0.717) is 6.61 Å². The summed E-state index contributed by atoms with van der Waals surface area (Å²) in [6.45, 7) is 2.58. The van der Waals surface area contributed by atoms with E-state index in [1.807, 2.05) is 43.3 Å². The van der Waals surface area contributed by atoms with Gasteiger partial charge in [0, 0.05) is 25.2 Å². The van der Waals surface area contributed by atoms with Gasteiger partial charge in [-0.15, -0.1) is 0 Å². The van der Waals surface area contributed by atoms with Crippen LogP contribution in [0.2, 0.25) is 0 Å². The molecule has 0 aliphatic heterocycles. The first-order chi connectivity index (χ1) is 8.72. The minimum atomic E-state index is 0.00566. The average Bonchev–Trinajstić information content (AvgIpc) is 2.43. The highest BCUT2D eigenvalue weighted by Crippen LogP contribution is 2.19. The number of benzene rings is 2. The predicted molar refractivity (Wildman–Crippen MR) is 73.9 cm³/mol. The molecule has 0 fully saturated rings. The molecule has 0 radical (unpaired) electrons. The quantitative estimate of drug-likeness (QED) is 0.747. The van der Waals surface area contributed by atoms with Gasteiger partial charge >= 0.3 is 0 Å². The van der Waals surface area contributed by atoms with E-state index in [0.717, 1.165) is 17.4 Å². The molecule has 0 saturated carbocycles. The normalized spacial score (nSPS) is 12.6. The molecule has 2 heteroatoms. The highest BCUT2D eigenvalue weighted by molar-refractivity contribution is 6.01. The number of rotatable bonds is 5. The molecule has 0 heterocycles. The number of hydrogen-bond donors (Lipinski definition) is 0. The van der Waals surface area contributed by atoms with Crippen LogP contribution in [-0.2, 0) is 4.74 Å². The van der Waals surface area contributed by atoms with Gasteiger partial charge in [0.05, 0.1) is 0 Å². The Kier molecular flexibility index (Phi) is 4.11. The van der Waals surface area contributed by atoms with Crippen LogP contribution in [0.25, 0.3) is 10.8 Å². The van der Waals surface area contributed by atoms with Gasteiger partial charge in [-0.2, -0.15) is 0 Å². The molecule has 1 atom stereocenters. The summed E-state index contributed by atoms with van der Waals surface area (Å²) >= 11 is 0. The maximum Gasteiger partial charge on any atom is 0.165 e. The lowest BCUT2D eigenvalue weighted by Crippen LogP contribution is -2.13. The van der Waals surface area contributed by atoms with E-state index in [-0.39, 0.29) is 11.7 Å². The summed E-state index contributed by atoms with van der Waals surface area (Å²) in [5, 5.41) is 2.28. The first kappa shape index (κ1) is 12.8. The standard InChI is InChI=1S/C16H18O2/c1-12(9-10-18-2)16(17)15-8-7-13-5-3-4-6-14(13)11-15/h3-8,11-12H,9-10H2,1-2H3. The van der Waals surface area contributed by atoms with E-state index in [4.69, 9.17) is 4.74 Å². The van der Waals surface area contributed by atoms with Crippen LogP contribution in [-0.4, -0.2) is 19.5 Å². The van der Waals surface area contributed by atoms with Crippen LogP contribution in [0.3, 0.4) is 0 Å². The molecule has 0 saturated heterocycles. The van der Waals surface area contributed by atoms with Crippen LogP contribution in [0.5, 0.6) is 0 Å². The molecule has 2 rings (SSSR count). The molecule has 2 aromatic carbocycles. The summed E-state index contributed by atoms with van der Waals surface area (Å²) in [5.74, 6) is 0.198. The Balaban J connectivity index is 2.22. The fourth-order valence-corrected chi connectivity index (χ4v) is 2.05. The number of ether oxygens (including phenoxy) is 1. The van der Waals surface area contributed by atoms with Crippen molar-refractivity contribution >= 4 is 16.6 Å². The molecule has 2 aromatic rings. The predicted octanol–water partition coefficient (Wildman–Crippen LogP) is 3.70. The average molecular weight is 242 g/mol. The fraction of sp³-hybridized carbons (Fsp3) is 0.312. The number of carbonyl (C=O) groups is 1. The highest BCUT2D eigenvalue weighted by atomic mass is 16.5. The molecule has 0 aliphatic rings. The van der Waals surface area contributed by atoms with Crippen LogP contribution in [0.1, 0.15) is 23.7 Å². The summed E-state index contributed by atoms with van der Waals surface area (Å²) in [5.41, 5.74) is 0.789. The third-order valence-electron chi connectivity index (χ3n) is 3.24. The van der Waals surface area contributed by atoms with Gasteiger partial charge in [0.25, 0.3) is 0 Å². The zero-order valence-corrected chi connectivity index (χ0v) is 10.8. The highest BCUT2D eigenvalue weighted by Gasteiger charge is 2.14. The molecule has 0 aromatic heterocycles. The van der Waals surface area contributed by atoms with Gasteiger partial charge in [-0.25, -0.2) is 0 Å². The molecule has 1 unspecified atom stereocenters. The minimum Gasteiger partial charge on any atom is -0.385 e. The second kappa shape index (κ2) is 5.78. The van der Waals surface area contributed by atoms with Crippen molar-refractivity contribution in [1.82, 2.24) is 0 Å². The first-order valence-electron chi connectivity index (χ1n) is 6.24. The molecule has 94 valence electrons.